The Morgan fingerprint density at radius 1 is 0.796 bits per heavy atom. The number of aromatic hydroxyl groups is 1. The summed E-state index contributed by atoms with van der Waals surface area (Å²) in [6.45, 7) is 3.48. The minimum absolute atomic E-state index is 0.00786. The molecule has 6 N–H and O–H groups in total. The molecule has 0 bridgehead atoms. The summed E-state index contributed by atoms with van der Waals surface area (Å²) in [5.74, 6) is -1.21. The molecule has 0 unspecified atom stereocenters. The lowest BCUT2D eigenvalue weighted by atomic mass is 10.1. The van der Waals surface area contributed by atoms with Gasteiger partial charge in [-0.25, -0.2) is 10.5 Å². The van der Waals surface area contributed by atoms with Gasteiger partial charge in [0.25, 0.3) is 10.1 Å². The highest BCUT2D eigenvalue weighted by Crippen LogP contribution is 2.49. The van der Waals surface area contributed by atoms with Crippen LogP contribution in [0.4, 0.5) is 28.4 Å². The van der Waals surface area contributed by atoms with Crippen molar-refractivity contribution in [2.24, 2.45) is 20.5 Å². The third-order valence-corrected chi connectivity index (χ3v) is 9.28. The third-order valence-electron chi connectivity index (χ3n) is 6.43. The van der Waals surface area contributed by atoms with Gasteiger partial charge in [-0.1, -0.05) is 16.1 Å². The van der Waals surface area contributed by atoms with Crippen LogP contribution in [0.2, 0.25) is 0 Å². The molecule has 0 fully saturated rings. The first kappa shape index (κ1) is 42.4. The van der Waals surface area contributed by atoms with Crippen molar-refractivity contribution < 1.29 is 74.3 Å². The molecule has 0 radical (unpaired) electrons. The lowest BCUT2D eigenvalue weighted by Crippen LogP contribution is -2.13. The fraction of sp³-hybridized carbons (Fsp3) is 0.143. The molecule has 0 saturated carbocycles. The average Bonchev–Trinajstić information content (AvgIpc) is 3.11. The van der Waals surface area contributed by atoms with E-state index in [0.29, 0.717) is 39.4 Å². The van der Waals surface area contributed by atoms with Gasteiger partial charge in [0.05, 0.1) is 46.7 Å². The zero-order chi connectivity index (χ0) is 39.5. The standard InChI is InChI=1S/C28H25N5O16S5/c1-15-4-6-19(24(10-15)51-47-45-35)30-32-26-18-12-25(52-48-46-36)27(28(34)17(18)5-7-20(26)29-14-53(37,38)39)33-31-21-11-16(2)23(13-22(21)43-3)50-9-8-44-49-54(40,41)42/h4-7,10-13,29,34-36H,14H2,1-3H3,(H,37,38,39)(H,40,41,42). The molecule has 4 rings (SSSR count). The normalized spacial score (nSPS) is 12.0. The maximum Gasteiger partial charge on any atom is 0.433 e. The molecule has 0 aliphatic carbocycles. The van der Waals surface area contributed by atoms with Crippen LogP contribution >= 0.6 is 35.8 Å². The van der Waals surface area contributed by atoms with Crippen molar-refractivity contribution in [3.8, 4) is 22.9 Å². The van der Waals surface area contributed by atoms with Gasteiger partial charge in [-0.3, -0.25) is 14.0 Å². The number of azo groups is 2. The molecule has 0 heterocycles. The smallest absolute Gasteiger partial charge is 0.433 e. The van der Waals surface area contributed by atoms with Crippen molar-refractivity contribution >= 4 is 95.6 Å². The van der Waals surface area contributed by atoms with Crippen LogP contribution in [0.25, 0.3) is 10.8 Å². The molecule has 21 nitrogen and oxygen atoms in total. The molecule has 288 valence electrons. The third kappa shape index (κ3) is 12.1. The van der Waals surface area contributed by atoms with Crippen LogP contribution in [0.15, 0.2) is 83.7 Å². The van der Waals surface area contributed by atoms with Crippen LogP contribution in [0.5, 0.6) is 11.5 Å². The number of fused-ring (bicyclic) bond motifs is 1. The van der Waals surface area contributed by atoms with E-state index in [1.54, 1.807) is 38.1 Å². The van der Waals surface area contributed by atoms with Crippen molar-refractivity contribution in [1.29, 1.82) is 0 Å². The highest BCUT2D eigenvalue weighted by molar-refractivity contribution is 8.04. The van der Waals surface area contributed by atoms with E-state index in [0.717, 1.165) is 17.3 Å². The number of phenols is 1. The first-order valence-electron chi connectivity index (χ1n) is 14.1. The molecule has 54 heavy (non-hydrogen) atoms. The van der Waals surface area contributed by atoms with Crippen molar-refractivity contribution in [3.63, 3.8) is 0 Å². The van der Waals surface area contributed by atoms with Gasteiger partial charge in [-0.15, -0.1) is 29.1 Å². The quantitative estimate of drug-likeness (QED) is 0.0112. The molecule has 4 aromatic carbocycles. The van der Waals surface area contributed by atoms with E-state index in [1.807, 2.05) is 6.11 Å². The Hall–Kier alpha value is -4.31. The molecule has 0 aromatic heterocycles. The molecular weight excluding hydrogens is 823 g/mol. The Kier molecular flexibility index (Phi) is 15.2. The monoisotopic (exact) mass is 847 g/mol. The second-order valence-electron chi connectivity index (χ2n) is 10.0. The van der Waals surface area contributed by atoms with Crippen LogP contribution in [-0.4, -0.2) is 54.5 Å². The first-order chi connectivity index (χ1) is 25.6. The topological polar surface area (TPSA) is 296 Å². The Balaban J connectivity index is 1.82. The van der Waals surface area contributed by atoms with Crippen LogP contribution in [-0.2, 0) is 48.5 Å². The highest BCUT2D eigenvalue weighted by atomic mass is 32.3. The maximum atomic E-state index is 11.6. The summed E-state index contributed by atoms with van der Waals surface area (Å²) in [5, 5.41) is 58.7. The van der Waals surface area contributed by atoms with E-state index in [2.05, 4.69) is 59.0 Å². The molecule has 0 amide bonds. The van der Waals surface area contributed by atoms with Crippen molar-refractivity contribution in [2.45, 2.75) is 28.5 Å². The second kappa shape index (κ2) is 19.3. The van der Waals surface area contributed by atoms with Crippen LogP contribution < -0.4 is 10.1 Å². The number of hydrogen-bond donors (Lipinski definition) is 6. The largest absolute Gasteiger partial charge is 0.505 e. The molecule has 26 heteroatoms. The van der Waals surface area contributed by atoms with Gasteiger partial charge >= 0.3 is 10.4 Å². The Bertz CT molecular complexity index is 2350. The number of aryl methyl sites for hydroxylation is 2. The number of phenolic OH excluding ortho intramolecular Hbond substituents is 1. The number of thioether (sulfide) groups is 1. The maximum absolute atomic E-state index is 11.6. The Morgan fingerprint density at radius 2 is 1.48 bits per heavy atom. The lowest BCUT2D eigenvalue weighted by Gasteiger charge is -2.14. The zero-order valence-electron chi connectivity index (χ0n) is 27.4. The van der Waals surface area contributed by atoms with E-state index in [1.165, 1.54) is 31.4 Å². The van der Waals surface area contributed by atoms with Gasteiger partial charge in [0.2, 0.25) is 0 Å². The lowest BCUT2D eigenvalue weighted by molar-refractivity contribution is -0.432. The van der Waals surface area contributed by atoms with Crippen molar-refractivity contribution in [3.05, 3.63) is 59.7 Å². The summed E-state index contributed by atoms with van der Waals surface area (Å²) >= 11 is 1.92. The molecular formula is C28H25N5O16S5. The van der Waals surface area contributed by atoms with Gasteiger partial charge in [0, 0.05) is 20.9 Å². The van der Waals surface area contributed by atoms with E-state index in [9.17, 15) is 26.5 Å². The van der Waals surface area contributed by atoms with Crippen molar-refractivity contribution in [2.75, 3.05) is 18.3 Å². The van der Waals surface area contributed by atoms with Gasteiger partial charge < -0.3 is 15.2 Å². The van der Waals surface area contributed by atoms with Crippen molar-refractivity contribution in [1.82, 2.24) is 0 Å². The predicted octanol–water partition coefficient (Wildman–Crippen LogP) is 7.88. The number of ether oxygens (including phenoxy) is 1. The number of nitrogens with zero attached hydrogens (tertiary/aromatic N) is 4. The number of anilines is 1. The minimum Gasteiger partial charge on any atom is -0.505 e. The van der Waals surface area contributed by atoms with E-state index >= 15 is 0 Å². The fourth-order valence-electron chi connectivity index (χ4n) is 4.22. The predicted molar refractivity (Wildman–Crippen MR) is 192 cm³/mol. The van der Waals surface area contributed by atoms with Gasteiger partial charge in [-0.2, -0.15) is 16.8 Å². The van der Waals surface area contributed by atoms with Crippen LogP contribution in [0.3, 0.4) is 0 Å². The Morgan fingerprint density at radius 3 is 2.15 bits per heavy atom. The van der Waals surface area contributed by atoms with Gasteiger partial charge in [0.1, 0.15) is 34.4 Å². The number of methoxy groups -OCH3 is 1. The summed E-state index contributed by atoms with van der Waals surface area (Å²) in [4.78, 5) is 4.97. The van der Waals surface area contributed by atoms with Gasteiger partial charge in [-0.05, 0) is 83.5 Å². The first-order valence-corrected chi connectivity index (χ1v) is 19.3. The molecule has 4 aromatic rings. The van der Waals surface area contributed by atoms with E-state index in [4.69, 9.17) is 19.8 Å². The highest BCUT2D eigenvalue weighted by Gasteiger charge is 2.21. The molecule has 0 atom stereocenters. The summed E-state index contributed by atoms with van der Waals surface area (Å²) in [5.41, 5.74) is 1.61. The number of rotatable bonds is 17. The van der Waals surface area contributed by atoms with E-state index in [-0.39, 0.29) is 49.9 Å². The zero-order valence-corrected chi connectivity index (χ0v) is 31.5. The summed E-state index contributed by atoms with van der Waals surface area (Å²) in [6.07, 6.45) is 1.93. The summed E-state index contributed by atoms with van der Waals surface area (Å²) in [7, 11) is -8.02. The minimum atomic E-state index is -4.85. The fourth-order valence-corrected chi connectivity index (χ4v) is 6.27. The Labute approximate surface area is 318 Å². The number of benzene rings is 4. The molecule has 0 saturated heterocycles. The van der Waals surface area contributed by atoms with E-state index < -0.39 is 32.1 Å². The molecule has 0 spiro atoms. The summed E-state index contributed by atoms with van der Waals surface area (Å²) in [6, 6.07) is 12.2. The number of nitrogens with one attached hydrogen (secondary N) is 1. The SMILES string of the molecule is COc1cc(SC#COOS(=O)(=O)O)c(C)cc1N=Nc1c(SOOO)cc2c(N=Nc3ccc(C)cc3SOOO)c(NCS(=O)(=O)O)ccc2c1O. The average molecular weight is 848 g/mol. The number of hydrogen-bond acceptors (Lipinski definition) is 22. The van der Waals surface area contributed by atoms with Crippen LogP contribution in [0, 0.1) is 25.2 Å². The van der Waals surface area contributed by atoms with Gasteiger partial charge in [0.15, 0.2) is 11.9 Å². The molecule has 0 aliphatic rings. The summed E-state index contributed by atoms with van der Waals surface area (Å²) < 4.78 is 80.6. The molecule has 0 aliphatic heterocycles. The second-order valence-corrected chi connectivity index (χ2v) is 14.8. The van der Waals surface area contributed by atoms with Crippen LogP contribution in [0.1, 0.15) is 11.1 Å².